The first kappa shape index (κ1) is 14.3. The van der Waals surface area contributed by atoms with E-state index in [4.69, 9.17) is 0 Å². The second kappa shape index (κ2) is 3.96. The molecular formula is C17H21N3OS. The first-order chi connectivity index (χ1) is 9.98. The van der Waals surface area contributed by atoms with E-state index in [1.807, 2.05) is 12.3 Å². The van der Waals surface area contributed by atoms with Gasteiger partial charge in [-0.3, -0.25) is 9.36 Å². The molecule has 22 heavy (non-hydrogen) atoms. The van der Waals surface area contributed by atoms with Crippen LogP contribution in [0.25, 0.3) is 10.9 Å². The molecule has 4 nitrogen and oxygen atoms in total. The fourth-order valence-electron chi connectivity index (χ4n) is 5.52. The lowest BCUT2D eigenvalue weighted by Gasteiger charge is -2.34. The van der Waals surface area contributed by atoms with Crippen molar-refractivity contribution in [2.45, 2.75) is 31.2 Å². The number of likely N-dealkylation sites (tertiary alicyclic amines) is 1. The van der Waals surface area contributed by atoms with Crippen molar-refractivity contribution < 1.29 is 4.79 Å². The van der Waals surface area contributed by atoms with Crippen molar-refractivity contribution >= 4 is 28.8 Å². The van der Waals surface area contributed by atoms with Gasteiger partial charge in [-0.25, -0.2) is 0 Å². The van der Waals surface area contributed by atoms with E-state index in [0.717, 1.165) is 11.9 Å². The average molecular weight is 315 g/mol. The van der Waals surface area contributed by atoms with Gasteiger partial charge in [0.25, 0.3) is 5.24 Å². The number of rotatable bonds is 0. The first-order valence-corrected chi connectivity index (χ1v) is 8.00. The Morgan fingerprint density at radius 3 is 2.91 bits per heavy atom. The Morgan fingerprint density at radius 2 is 2.18 bits per heavy atom. The van der Waals surface area contributed by atoms with Gasteiger partial charge in [0.05, 0.1) is 5.52 Å². The fourth-order valence-corrected chi connectivity index (χ4v) is 5.68. The van der Waals surface area contributed by atoms with E-state index < -0.39 is 0 Å². The maximum atomic E-state index is 11.8. The van der Waals surface area contributed by atoms with Gasteiger partial charge >= 0.3 is 0 Å². The lowest BCUT2D eigenvalue weighted by molar-refractivity contribution is 0.246. The summed E-state index contributed by atoms with van der Waals surface area (Å²) >= 11 is 4.03. The van der Waals surface area contributed by atoms with Crippen LogP contribution in [-0.2, 0) is 11.8 Å². The quantitative estimate of drug-likeness (QED) is 0.734. The van der Waals surface area contributed by atoms with E-state index in [0.29, 0.717) is 16.9 Å². The Kier molecular flexibility index (Phi) is 2.58. The molecular weight excluding hydrogens is 294 g/mol. The predicted molar refractivity (Wildman–Crippen MR) is 91.3 cm³/mol. The molecule has 3 unspecified atom stereocenters. The monoisotopic (exact) mass is 315 g/mol. The molecule has 1 spiro atoms. The highest BCUT2D eigenvalue weighted by Crippen LogP contribution is 2.73. The molecule has 3 aliphatic rings. The molecule has 1 saturated carbocycles. The highest BCUT2D eigenvalue weighted by Gasteiger charge is 2.74. The minimum Gasteiger partial charge on any atom is -0.344 e. The Bertz CT molecular complexity index is 829. The van der Waals surface area contributed by atoms with Crippen LogP contribution >= 0.6 is 12.6 Å². The Labute approximate surface area is 135 Å². The number of piperidine rings is 1. The van der Waals surface area contributed by atoms with Crippen LogP contribution in [0.2, 0.25) is 0 Å². The first-order valence-electron chi connectivity index (χ1n) is 7.55. The number of likely N-dealkylation sites (N-methyl/N-ethyl adjacent to an activating group) is 1. The smallest absolute Gasteiger partial charge is 0.287 e. The maximum absolute atomic E-state index is 11.8. The Hall–Kier alpha value is -1.30. The van der Waals surface area contributed by atoms with Crippen LogP contribution in [0.3, 0.4) is 0 Å². The molecule has 1 aliphatic heterocycles. The van der Waals surface area contributed by atoms with Crippen LogP contribution in [0.1, 0.15) is 24.5 Å². The van der Waals surface area contributed by atoms with Gasteiger partial charge in [0.2, 0.25) is 0 Å². The molecule has 0 radical (unpaired) electrons. The number of thiol groups is 1. The van der Waals surface area contributed by atoms with Crippen LogP contribution in [0.15, 0.2) is 24.4 Å². The summed E-state index contributed by atoms with van der Waals surface area (Å²) in [6, 6.07) is 7.01. The van der Waals surface area contributed by atoms with E-state index in [-0.39, 0.29) is 11.4 Å². The summed E-state index contributed by atoms with van der Waals surface area (Å²) in [6.07, 6.45) is 4.34. The van der Waals surface area contributed by atoms with Gasteiger partial charge in [0.1, 0.15) is 0 Å². The summed E-state index contributed by atoms with van der Waals surface area (Å²) in [5, 5.41) is 1.12. The zero-order valence-electron chi connectivity index (χ0n) is 13.0. The zero-order valence-corrected chi connectivity index (χ0v) is 13.9. The van der Waals surface area contributed by atoms with Gasteiger partial charge in [0, 0.05) is 29.6 Å². The summed E-state index contributed by atoms with van der Waals surface area (Å²) in [5.41, 5.74) is 4.51. The second-order valence-corrected chi connectivity index (χ2v) is 7.73. The summed E-state index contributed by atoms with van der Waals surface area (Å²) in [4.78, 5) is 14.3. The predicted octanol–water partition coefficient (Wildman–Crippen LogP) is 3.22. The largest absolute Gasteiger partial charge is 0.344 e. The third-order valence-corrected chi connectivity index (χ3v) is 6.54. The van der Waals surface area contributed by atoms with E-state index in [1.165, 1.54) is 29.5 Å². The molecule has 3 atom stereocenters. The van der Waals surface area contributed by atoms with E-state index in [2.05, 4.69) is 43.6 Å². The SMILES string of the molecule is CN1CC2(C)CC23c2cccc4c2c(cn4C(=O)S)CC13.N. The van der Waals surface area contributed by atoms with Gasteiger partial charge in [-0.1, -0.05) is 31.7 Å². The van der Waals surface area contributed by atoms with Crippen molar-refractivity contribution in [3.05, 3.63) is 35.5 Å². The Morgan fingerprint density at radius 1 is 1.41 bits per heavy atom. The molecule has 0 bridgehead atoms. The van der Waals surface area contributed by atoms with E-state index in [9.17, 15) is 4.79 Å². The van der Waals surface area contributed by atoms with E-state index in [1.54, 1.807) is 4.57 Å². The molecule has 1 aromatic carbocycles. The third-order valence-electron chi connectivity index (χ3n) is 6.33. The lowest BCUT2D eigenvalue weighted by atomic mass is 9.75. The average Bonchev–Trinajstić information content (AvgIpc) is 2.76. The molecule has 1 saturated heterocycles. The molecule has 5 heteroatoms. The number of carbonyl (C=O) groups excluding carboxylic acids is 1. The van der Waals surface area contributed by atoms with Crippen LogP contribution < -0.4 is 6.15 Å². The standard InChI is InChI=1S/C17H18N2OS.H3N/c1-16-8-17(16)11-4-3-5-12-14(11)10(7-19(12)15(20)21)6-13(17)18(2)9-16;/h3-5,7,13H,6,8-9H2,1-2H3,(H,20,21);1H3. The number of hydrogen-bond donors (Lipinski definition) is 2. The number of carbonyl (C=O) groups is 1. The van der Waals surface area contributed by atoms with Crippen molar-refractivity contribution in [1.29, 1.82) is 0 Å². The number of benzene rings is 1. The number of hydrogen-bond acceptors (Lipinski definition) is 3. The molecule has 2 heterocycles. The van der Waals surface area contributed by atoms with Gasteiger partial charge in [-0.2, -0.15) is 0 Å². The molecule has 0 amide bonds. The normalized spacial score (nSPS) is 35.0. The summed E-state index contributed by atoms with van der Waals surface area (Å²) < 4.78 is 1.70. The highest BCUT2D eigenvalue weighted by molar-refractivity contribution is 7.96. The van der Waals surface area contributed by atoms with Crippen LogP contribution in [0, 0.1) is 5.41 Å². The molecule has 5 rings (SSSR count). The number of aromatic nitrogens is 1. The van der Waals surface area contributed by atoms with E-state index >= 15 is 0 Å². The zero-order chi connectivity index (χ0) is 14.6. The van der Waals surface area contributed by atoms with Gasteiger partial charge in [-0.05, 0) is 42.5 Å². The van der Waals surface area contributed by atoms with Crippen LogP contribution in [-0.4, -0.2) is 34.3 Å². The molecule has 2 aliphatic carbocycles. The van der Waals surface area contributed by atoms with Gasteiger partial charge in [-0.15, -0.1) is 0 Å². The van der Waals surface area contributed by atoms with Crippen molar-refractivity contribution in [2.75, 3.05) is 13.6 Å². The third kappa shape index (κ3) is 1.32. The van der Waals surface area contributed by atoms with Gasteiger partial charge in [0.15, 0.2) is 0 Å². The lowest BCUT2D eigenvalue weighted by Crippen LogP contribution is -2.40. The van der Waals surface area contributed by atoms with Crippen LogP contribution in [0.5, 0.6) is 0 Å². The molecule has 2 fully saturated rings. The highest BCUT2D eigenvalue weighted by atomic mass is 32.1. The Balaban J connectivity index is 0.00000125. The molecule has 1 aromatic heterocycles. The van der Waals surface area contributed by atoms with Crippen molar-refractivity contribution in [2.24, 2.45) is 5.41 Å². The minimum absolute atomic E-state index is 0. The molecule has 3 N–H and O–H groups in total. The van der Waals surface area contributed by atoms with Crippen molar-refractivity contribution in [1.82, 2.24) is 15.6 Å². The molecule has 2 aromatic rings. The van der Waals surface area contributed by atoms with Crippen LogP contribution in [0.4, 0.5) is 4.79 Å². The summed E-state index contributed by atoms with van der Waals surface area (Å²) in [5.74, 6) is 0. The fraction of sp³-hybridized carbons (Fsp3) is 0.471. The van der Waals surface area contributed by atoms with Crippen molar-refractivity contribution in [3.63, 3.8) is 0 Å². The second-order valence-electron chi connectivity index (χ2n) is 7.35. The van der Waals surface area contributed by atoms with Gasteiger partial charge < -0.3 is 11.1 Å². The summed E-state index contributed by atoms with van der Waals surface area (Å²) in [6.45, 7) is 3.61. The summed E-state index contributed by atoms with van der Waals surface area (Å²) in [7, 11) is 2.25. The number of nitrogens with zero attached hydrogens (tertiary/aromatic N) is 2. The van der Waals surface area contributed by atoms with Crippen molar-refractivity contribution in [3.8, 4) is 0 Å². The topological polar surface area (TPSA) is 60.2 Å². The minimum atomic E-state index is -0.195. The molecule has 116 valence electrons. The maximum Gasteiger partial charge on any atom is 0.287 e.